The number of carbonyl (C=O) groups is 1. The third-order valence-corrected chi connectivity index (χ3v) is 4.49. The van der Waals surface area contributed by atoms with Crippen molar-refractivity contribution in [1.29, 1.82) is 0 Å². The molecule has 6 nitrogen and oxygen atoms in total. The van der Waals surface area contributed by atoms with Gasteiger partial charge in [0.05, 0.1) is 17.6 Å². The molecule has 4 rings (SSSR count). The molecule has 0 saturated carbocycles. The number of hydrogen-bond acceptors (Lipinski definition) is 4. The van der Waals surface area contributed by atoms with Gasteiger partial charge >= 0.3 is 6.18 Å². The number of H-pyrrole nitrogens is 1. The topological polar surface area (TPSA) is 74.8 Å². The fourth-order valence-corrected chi connectivity index (χ4v) is 3.22. The molecule has 1 amide bonds. The van der Waals surface area contributed by atoms with Crippen molar-refractivity contribution in [3.05, 3.63) is 77.4 Å². The molecule has 1 atom stereocenters. The molecule has 0 spiro atoms. The van der Waals surface area contributed by atoms with Gasteiger partial charge in [-0.3, -0.25) is 14.8 Å². The van der Waals surface area contributed by atoms with Crippen molar-refractivity contribution < 1.29 is 18.0 Å². The number of carbonyl (C=O) groups excluding carboxylic acids is 1. The lowest BCUT2D eigenvalue weighted by atomic mass is 9.96. The van der Waals surface area contributed by atoms with Crippen LogP contribution in [-0.2, 0) is 12.6 Å². The summed E-state index contributed by atoms with van der Waals surface area (Å²) in [6, 6.07) is 5.10. The second-order valence-corrected chi connectivity index (χ2v) is 6.13. The maximum absolute atomic E-state index is 13.0. The molecule has 1 unspecified atom stereocenters. The van der Waals surface area contributed by atoms with Crippen LogP contribution in [0.15, 0.2) is 49.2 Å². The highest BCUT2D eigenvalue weighted by atomic mass is 19.4. The lowest BCUT2D eigenvalue weighted by Crippen LogP contribution is -2.40. The summed E-state index contributed by atoms with van der Waals surface area (Å²) in [6.45, 7) is 0.397. The number of nitrogens with one attached hydrogen (secondary N) is 1. The van der Waals surface area contributed by atoms with Crippen LogP contribution in [0.2, 0.25) is 0 Å². The van der Waals surface area contributed by atoms with E-state index in [2.05, 4.69) is 19.9 Å². The Labute approximate surface area is 152 Å². The van der Waals surface area contributed by atoms with E-state index in [-0.39, 0.29) is 5.56 Å². The highest BCUT2D eigenvalue weighted by Gasteiger charge is 2.36. The number of alkyl halides is 3. The van der Waals surface area contributed by atoms with Gasteiger partial charge in [0, 0.05) is 37.3 Å². The van der Waals surface area contributed by atoms with Crippen LogP contribution in [-0.4, -0.2) is 37.3 Å². The molecule has 0 aliphatic carbocycles. The molecular formula is C18H14F3N5O. The van der Waals surface area contributed by atoms with Crippen molar-refractivity contribution in [3.8, 4) is 0 Å². The Morgan fingerprint density at radius 3 is 2.70 bits per heavy atom. The number of aromatic nitrogens is 4. The first-order valence-corrected chi connectivity index (χ1v) is 8.21. The molecule has 1 aliphatic rings. The monoisotopic (exact) mass is 373 g/mol. The second kappa shape index (κ2) is 6.49. The molecular weight excluding hydrogens is 359 g/mol. The number of hydrogen-bond donors (Lipinski definition) is 1. The van der Waals surface area contributed by atoms with Crippen molar-refractivity contribution in [3.63, 3.8) is 0 Å². The third kappa shape index (κ3) is 3.16. The van der Waals surface area contributed by atoms with Gasteiger partial charge in [-0.1, -0.05) is 6.07 Å². The summed E-state index contributed by atoms with van der Waals surface area (Å²) in [5, 5.41) is 0. The number of halogens is 3. The van der Waals surface area contributed by atoms with Crippen LogP contribution < -0.4 is 0 Å². The van der Waals surface area contributed by atoms with Gasteiger partial charge in [-0.2, -0.15) is 13.2 Å². The van der Waals surface area contributed by atoms with E-state index < -0.39 is 23.8 Å². The number of aromatic amines is 1. The third-order valence-electron chi connectivity index (χ3n) is 4.49. The molecule has 27 heavy (non-hydrogen) atoms. The first-order valence-electron chi connectivity index (χ1n) is 8.21. The van der Waals surface area contributed by atoms with E-state index in [1.807, 2.05) is 6.07 Å². The predicted molar refractivity (Wildman–Crippen MR) is 88.6 cm³/mol. The number of nitrogens with zero attached hydrogens (tertiary/aromatic N) is 4. The van der Waals surface area contributed by atoms with E-state index >= 15 is 0 Å². The summed E-state index contributed by atoms with van der Waals surface area (Å²) >= 11 is 0. The quantitative estimate of drug-likeness (QED) is 0.749. The van der Waals surface area contributed by atoms with Crippen LogP contribution in [0, 0.1) is 0 Å². The minimum absolute atomic E-state index is 0.0934. The van der Waals surface area contributed by atoms with Crippen LogP contribution in [0.25, 0.3) is 0 Å². The number of imidazole rings is 1. The lowest BCUT2D eigenvalue weighted by molar-refractivity contribution is -0.141. The maximum atomic E-state index is 13.0. The van der Waals surface area contributed by atoms with Gasteiger partial charge in [-0.05, 0) is 23.8 Å². The Morgan fingerprint density at radius 2 is 2.04 bits per heavy atom. The Morgan fingerprint density at radius 1 is 1.19 bits per heavy atom. The molecule has 138 valence electrons. The van der Waals surface area contributed by atoms with Gasteiger partial charge in [-0.25, -0.2) is 4.98 Å². The molecule has 4 heterocycles. The van der Waals surface area contributed by atoms with Crippen molar-refractivity contribution in [2.24, 2.45) is 0 Å². The van der Waals surface area contributed by atoms with Gasteiger partial charge in [0.15, 0.2) is 0 Å². The molecule has 0 saturated heterocycles. The Bertz CT molecular complexity index is 953. The largest absolute Gasteiger partial charge is 0.433 e. The van der Waals surface area contributed by atoms with Gasteiger partial charge < -0.3 is 9.88 Å². The van der Waals surface area contributed by atoms with E-state index in [1.54, 1.807) is 29.7 Å². The fraction of sp³-hybridized carbons (Fsp3) is 0.222. The summed E-state index contributed by atoms with van der Waals surface area (Å²) in [7, 11) is 0. The average Bonchev–Trinajstić information content (AvgIpc) is 3.15. The predicted octanol–water partition coefficient (Wildman–Crippen LogP) is 3.01. The molecule has 3 aromatic heterocycles. The highest BCUT2D eigenvalue weighted by molar-refractivity contribution is 5.94. The summed E-state index contributed by atoms with van der Waals surface area (Å²) in [5.74, 6) is -0.404. The second-order valence-electron chi connectivity index (χ2n) is 6.13. The maximum Gasteiger partial charge on any atom is 0.433 e. The summed E-state index contributed by atoms with van der Waals surface area (Å²) in [4.78, 5) is 29.5. The van der Waals surface area contributed by atoms with Crippen LogP contribution in [0.4, 0.5) is 13.2 Å². The van der Waals surface area contributed by atoms with E-state index in [4.69, 9.17) is 0 Å². The van der Waals surface area contributed by atoms with Crippen molar-refractivity contribution in [2.75, 3.05) is 6.54 Å². The van der Waals surface area contributed by atoms with Gasteiger partial charge in [0.25, 0.3) is 5.91 Å². The molecule has 0 aromatic carbocycles. The van der Waals surface area contributed by atoms with Gasteiger partial charge in [0.2, 0.25) is 0 Å². The van der Waals surface area contributed by atoms with Crippen molar-refractivity contribution in [2.45, 2.75) is 18.6 Å². The lowest BCUT2D eigenvalue weighted by Gasteiger charge is -2.35. The molecule has 3 aromatic rings. The first-order chi connectivity index (χ1) is 12.9. The van der Waals surface area contributed by atoms with E-state index in [1.165, 1.54) is 0 Å². The standard InChI is InChI=1S/C18H14F3N5O/c19-18(20,21)14-4-3-12(9-23-14)17(27)26-7-5-13-15(25-10-24-13)16(26)11-2-1-6-22-8-11/h1-4,6,8-10,16H,5,7H2,(H,24,25). The molecule has 0 bridgehead atoms. The average molecular weight is 373 g/mol. The molecule has 0 radical (unpaired) electrons. The number of rotatable bonds is 2. The van der Waals surface area contributed by atoms with Crippen molar-refractivity contribution in [1.82, 2.24) is 24.8 Å². The smallest absolute Gasteiger partial charge is 0.348 e. The van der Waals surface area contributed by atoms with E-state index in [0.717, 1.165) is 29.6 Å². The van der Waals surface area contributed by atoms with Gasteiger partial charge in [-0.15, -0.1) is 0 Å². The fourth-order valence-electron chi connectivity index (χ4n) is 3.22. The highest BCUT2D eigenvalue weighted by Crippen LogP contribution is 2.34. The zero-order valence-corrected chi connectivity index (χ0v) is 13.9. The first kappa shape index (κ1) is 17.2. The minimum Gasteiger partial charge on any atom is -0.348 e. The zero-order chi connectivity index (χ0) is 19.0. The summed E-state index contributed by atoms with van der Waals surface area (Å²) in [6.07, 6.45) is 1.84. The minimum atomic E-state index is -4.55. The number of fused-ring (bicyclic) bond motifs is 1. The molecule has 1 aliphatic heterocycles. The Balaban J connectivity index is 1.70. The van der Waals surface area contributed by atoms with Gasteiger partial charge in [0.1, 0.15) is 11.7 Å². The SMILES string of the molecule is O=C(c1ccc(C(F)(F)F)nc1)N1CCc2[nH]cnc2C1c1cccnc1. The molecule has 9 heteroatoms. The zero-order valence-electron chi connectivity index (χ0n) is 13.9. The number of pyridine rings is 2. The Kier molecular flexibility index (Phi) is 4.14. The van der Waals surface area contributed by atoms with E-state index in [9.17, 15) is 18.0 Å². The van der Waals surface area contributed by atoms with Crippen LogP contribution in [0.3, 0.4) is 0 Å². The number of amides is 1. The summed E-state index contributed by atoms with van der Waals surface area (Å²) in [5.41, 5.74) is 1.48. The van der Waals surface area contributed by atoms with Crippen LogP contribution in [0.5, 0.6) is 0 Å². The van der Waals surface area contributed by atoms with Crippen molar-refractivity contribution >= 4 is 5.91 Å². The van der Waals surface area contributed by atoms with Crippen LogP contribution >= 0.6 is 0 Å². The molecule has 1 N–H and O–H groups in total. The van der Waals surface area contributed by atoms with Crippen LogP contribution in [0.1, 0.15) is 39.0 Å². The summed E-state index contributed by atoms with van der Waals surface area (Å²) < 4.78 is 38.1. The molecule has 0 fully saturated rings. The van der Waals surface area contributed by atoms with E-state index in [0.29, 0.717) is 18.7 Å². The Hall–Kier alpha value is -3.23. The normalized spacial score (nSPS) is 16.9.